The third-order valence-corrected chi connectivity index (χ3v) is 4.52. The Labute approximate surface area is 134 Å². The Balaban J connectivity index is 2.51. The molecule has 0 bridgehead atoms. The second-order valence-corrected chi connectivity index (χ2v) is 6.74. The molecule has 22 heavy (non-hydrogen) atoms. The lowest BCUT2D eigenvalue weighted by atomic mass is 9.79. The van der Waals surface area contributed by atoms with Gasteiger partial charge in [-0.2, -0.15) is 0 Å². The molecule has 0 aromatic carbocycles. The molecule has 0 saturated heterocycles. The zero-order chi connectivity index (χ0) is 16.5. The highest BCUT2D eigenvalue weighted by atomic mass is 16.5. The van der Waals surface area contributed by atoms with Crippen LogP contribution in [0.25, 0.3) is 0 Å². The smallest absolute Gasteiger partial charge is 0.242 e. The van der Waals surface area contributed by atoms with E-state index in [9.17, 15) is 9.59 Å². The number of hydrogen-bond acceptors (Lipinski definition) is 3. The van der Waals surface area contributed by atoms with Crippen LogP contribution in [0.2, 0.25) is 0 Å². The molecule has 1 fully saturated rings. The van der Waals surface area contributed by atoms with Crippen LogP contribution in [0.15, 0.2) is 0 Å². The summed E-state index contributed by atoms with van der Waals surface area (Å²) >= 11 is 0. The van der Waals surface area contributed by atoms with Gasteiger partial charge in [-0.05, 0) is 31.1 Å². The van der Waals surface area contributed by atoms with Gasteiger partial charge in [0, 0.05) is 26.2 Å². The average molecular weight is 312 g/mol. The van der Waals surface area contributed by atoms with Gasteiger partial charge in [0.15, 0.2) is 0 Å². The minimum Gasteiger partial charge on any atom is -0.385 e. The summed E-state index contributed by atoms with van der Waals surface area (Å²) in [6.07, 6.45) is 5.14. The highest BCUT2D eigenvalue weighted by Gasteiger charge is 2.31. The van der Waals surface area contributed by atoms with Gasteiger partial charge in [-0.25, -0.2) is 0 Å². The van der Waals surface area contributed by atoms with Crippen molar-refractivity contribution in [2.45, 2.75) is 58.9 Å². The van der Waals surface area contributed by atoms with E-state index in [2.05, 4.69) is 17.6 Å². The zero-order valence-electron chi connectivity index (χ0n) is 14.5. The van der Waals surface area contributed by atoms with E-state index in [1.165, 1.54) is 6.42 Å². The first kappa shape index (κ1) is 18.9. The monoisotopic (exact) mass is 312 g/mol. The van der Waals surface area contributed by atoms with E-state index < -0.39 is 6.04 Å². The first-order chi connectivity index (χ1) is 10.5. The summed E-state index contributed by atoms with van der Waals surface area (Å²) in [7, 11) is 1.64. The molecule has 1 aliphatic rings. The van der Waals surface area contributed by atoms with E-state index in [4.69, 9.17) is 4.74 Å². The van der Waals surface area contributed by atoms with E-state index in [-0.39, 0.29) is 23.7 Å². The van der Waals surface area contributed by atoms with Gasteiger partial charge >= 0.3 is 0 Å². The molecule has 1 rings (SSSR count). The largest absolute Gasteiger partial charge is 0.385 e. The molecule has 1 saturated carbocycles. The molecule has 5 nitrogen and oxygen atoms in total. The van der Waals surface area contributed by atoms with Gasteiger partial charge in [0.05, 0.1) is 0 Å². The fourth-order valence-corrected chi connectivity index (χ4v) is 3.04. The number of amides is 2. The van der Waals surface area contributed by atoms with E-state index in [1.54, 1.807) is 7.11 Å². The summed E-state index contributed by atoms with van der Waals surface area (Å²) in [6, 6.07) is -0.454. The van der Waals surface area contributed by atoms with Crippen molar-refractivity contribution in [2.24, 2.45) is 17.8 Å². The number of carbonyl (C=O) groups is 2. The number of ether oxygens (including phenoxy) is 1. The number of hydrogen-bond donors (Lipinski definition) is 2. The van der Waals surface area contributed by atoms with Crippen LogP contribution < -0.4 is 10.6 Å². The Morgan fingerprint density at radius 2 is 1.91 bits per heavy atom. The lowest BCUT2D eigenvalue weighted by molar-refractivity contribution is -0.133. The first-order valence-corrected chi connectivity index (χ1v) is 8.54. The van der Waals surface area contributed by atoms with Gasteiger partial charge in [-0.1, -0.05) is 33.6 Å². The van der Waals surface area contributed by atoms with E-state index >= 15 is 0 Å². The molecule has 0 aromatic rings. The Hall–Kier alpha value is -1.10. The Bertz CT molecular complexity index is 358. The van der Waals surface area contributed by atoms with E-state index in [0.29, 0.717) is 19.1 Å². The Kier molecular flexibility index (Phi) is 8.46. The summed E-state index contributed by atoms with van der Waals surface area (Å²) in [5, 5.41) is 5.86. The average Bonchev–Trinajstić information content (AvgIpc) is 2.49. The van der Waals surface area contributed by atoms with Crippen molar-refractivity contribution in [3.63, 3.8) is 0 Å². The lowest BCUT2D eigenvalue weighted by Gasteiger charge is -2.30. The fourth-order valence-electron chi connectivity index (χ4n) is 3.04. The number of nitrogens with one attached hydrogen (secondary N) is 2. The molecule has 5 heteroatoms. The maximum Gasteiger partial charge on any atom is 0.242 e. The van der Waals surface area contributed by atoms with Crippen molar-refractivity contribution in [1.29, 1.82) is 0 Å². The van der Waals surface area contributed by atoms with Crippen molar-refractivity contribution in [3.8, 4) is 0 Å². The van der Waals surface area contributed by atoms with Crippen LogP contribution in [0.4, 0.5) is 0 Å². The lowest BCUT2D eigenvalue weighted by Crippen LogP contribution is -2.52. The van der Waals surface area contributed by atoms with Crippen molar-refractivity contribution >= 4 is 11.8 Å². The summed E-state index contributed by atoms with van der Waals surface area (Å²) in [5.74, 6) is 0.480. The molecule has 0 unspecified atom stereocenters. The maximum atomic E-state index is 12.5. The topological polar surface area (TPSA) is 67.4 Å². The van der Waals surface area contributed by atoms with Crippen LogP contribution in [0, 0.1) is 17.8 Å². The second-order valence-electron chi connectivity index (χ2n) is 6.74. The third-order valence-electron chi connectivity index (χ3n) is 4.52. The highest BCUT2D eigenvalue weighted by Crippen LogP contribution is 2.29. The van der Waals surface area contributed by atoms with Crippen LogP contribution in [-0.2, 0) is 14.3 Å². The minimum atomic E-state index is -0.454. The van der Waals surface area contributed by atoms with Crippen LogP contribution in [0.1, 0.15) is 52.9 Å². The number of methoxy groups -OCH3 is 1. The molecule has 2 amide bonds. The number of carbonyl (C=O) groups excluding carboxylic acids is 2. The van der Waals surface area contributed by atoms with Gasteiger partial charge in [-0.15, -0.1) is 0 Å². The van der Waals surface area contributed by atoms with Gasteiger partial charge < -0.3 is 15.4 Å². The van der Waals surface area contributed by atoms with Crippen LogP contribution in [-0.4, -0.2) is 38.1 Å². The molecule has 0 spiro atoms. The Morgan fingerprint density at radius 3 is 2.50 bits per heavy atom. The standard InChI is InChI=1S/C17H32N2O3/c1-12(2)15(17(21)18-10-7-11-22-4)19-16(20)14-9-6-5-8-13(14)3/h12-15H,5-11H2,1-4H3,(H,18,21)(H,19,20)/t13-,14-,15+/m1/s1. The Morgan fingerprint density at radius 1 is 1.23 bits per heavy atom. The maximum absolute atomic E-state index is 12.5. The molecule has 0 aromatic heterocycles. The van der Waals surface area contributed by atoms with Crippen molar-refractivity contribution < 1.29 is 14.3 Å². The van der Waals surface area contributed by atoms with Crippen LogP contribution in [0.3, 0.4) is 0 Å². The molecule has 2 N–H and O–H groups in total. The normalized spacial score (nSPS) is 23.1. The van der Waals surface area contributed by atoms with Gasteiger partial charge in [-0.3, -0.25) is 9.59 Å². The van der Waals surface area contributed by atoms with Gasteiger partial charge in [0.25, 0.3) is 0 Å². The molecule has 1 aliphatic carbocycles. The van der Waals surface area contributed by atoms with Crippen LogP contribution >= 0.6 is 0 Å². The van der Waals surface area contributed by atoms with Crippen molar-refractivity contribution in [3.05, 3.63) is 0 Å². The predicted octanol–water partition coefficient (Wildman–Crippen LogP) is 2.11. The summed E-state index contributed by atoms with van der Waals surface area (Å²) in [4.78, 5) is 24.8. The van der Waals surface area contributed by atoms with Crippen molar-refractivity contribution in [1.82, 2.24) is 10.6 Å². The molecule has 0 heterocycles. The molecule has 0 aliphatic heterocycles. The fraction of sp³-hybridized carbons (Fsp3) is 0.882. The van der Waals surface area contributed by atoms with Crippen LogP contribution in [0.5, 0.6) is 0 Å². The quantitative estimate of drug-likeness (QED) is 0.675. The third kappa shape index (κ3) is 5.95. The molecule has 0 radical (unpaired) electrons. The van der Waals surface area contributed by atoms with E-state index in [1.807, 2.05) is 13.8 Å². The first-order valence-electron chi connectivity index (χ1n) is 8.54. The van der Waals surface area contributed by atoms with E-state index in [0.717, 1.165) is 25.7 Å². The van der Waals surface area contributed by atoms with Gasteiger partial charge in [0.1, 0.15) is 6.04 Å². The molecular weight excluding hydrogens is 280 g/mol. The molecule has 128 valence electrons. The summed E-state index contributed by atoms with van der Waals surface area (Å²) in [5.41, 5.74) is 0. The summed E-state index contributed by atoms with van der Waals surface area (Å²) < 4.78 is 4.97. The predicted molar refractivity (Wildman–Crippen MR) is 87.4 cm³/mol. The SMILES string of the molecule is COCCCNC(=O)[C@@H](NC(=O)[C@@H]1CCCC[C@H]1C)C(C)C. The molecular formula is C17H32N2O3. The molecule has 3 atom stereocenters. The highest BCUT2D eigenvalue weighted by molar-refractivity contribution is 5.88. The minimum absolute atomic E-state index is 0.0398. The zero-order valence-corrected chi connectivity index (χ0v) is 14.5. The van der Waals surface area contributed by atoms with Crippen molar-refractivity contribution in [2.75, 3.05) is 20.3 Å². The second kappa shape index (κ2) is 9.82. The summed E-state index contributed by atoms with van der Waals surface area (Å²) in [6.45, 7) is 7.26. The number of rotatable bonds is 8. The van der Waals surface area contributed by atoms with Gasteiger partial charge in [0.2, 0.25) is 11.8 Å².